The number of nitriles is 1. The van der Waals surface area contributed by atoms with Crippen LogP contribution in [0.1, 0.15) is 24.0 Å². The highest BCUT2D eigenvalue weighted by Gasteiger charge is 2.25. The van der Waals surface area contributed by atoms with E-state index in [1.54, 1.807) is 13.2 Å². The number of benzene rings is 1. The minimum atomic E-state index is 0.674. The van der Waals surface area contributed by atoms with E-state index in [1.165, 1.54) is 12.8 Å². The normalized spacial score (nSPS) is 14.4. The highest BCUT2D eigenvalue weighted by atomic mass is 16.5. The molecule has 0 aliphatic heterocycles. The molecule has 0 spiro atoms. The smallest absolute Gasteiger partial charge is 0.123 e. The fraction of sp³-hybridized carbons (Fsp3) is 0.533. The van der Waals surface area contributed by atoms with Crippen LogP contribution in [0.3, 0.4) is 0 Å². The summed E-state index contributed by atoms with van der Waals surface area (Å²) in [5.74, 6) is 0.835. The zero-order valence-corrected chi connectivity index (χ0v) is 11.6. The molecule has 1 fully saturated rings. The minimum Gasteiger partial charge on any atom is -0.496 e. The lowest BCUT2D eigenvalue weighted by atomic mass is 10.1. The summed E-state index contributed by atoms with van der Waals surface area (Å²) in [6.45, 7) is 2.75. The third-order valence-corrected chi connectivity index (χ3v) is 3.54. The maximum absolute atomic E-state index is 8.92. The van der Waals surface area contributed by atoms with Gasteiger partial charge in [-0.1, -0.05) is 0 Å². The number of hydrogen-bond acceptors (Lipinski definition) is 4. The Balaban J connectivity index is 1.82. The van der Waals surface area contributed by atoms with E-state index in [1.807, 2.05) is 12.1 Å². The van der Waals surface area contributed by atoms with Crippen LogP contribution in [0, 0.1) is 11.3 Å². The quantitative estimate of drug-likeness (QED) is 0.758. The molecule has 102 valence electrons. The molecular weight excluding hydrogens is 238 g/mol. The first kappa shape index (κ1) is 13.9. The van der Waals surface area contributed by atoms with Crippen LogP contribution in [0.2, 0.25) is 0 Å². The van der Waals surface area contributed by atoms with Crippen LogP contribution < -0.4 is 10.1 Å². The number of nitrogens with one attached hydrogen (secondary N) is 1. The molecule has 0 amide bonds. The molecule has 4 nitrogen and oxygen atoms in total. The Morgan fingerprint density at radius 2 is 2.26 bits per heavy atom. The van der Waals surface area contributed by atoms with Crippen LogP contribution in [0.15, 0.2) is 18.2 Å². The summed E-state index contributed by atoms with van der Waals surface area (Å²) >= 11 is 0. The van der Waals surface area contributed by atoms with Gasteiger partial charge in [0, 0.05) is 31.2 Å². The van der Waals surface area contributed by atoms with E-state index in [4.69, 9.17) is 10.00 Å². The number of nitrogens with zero attached hydrogens (tertiary/aromatic N) is 2. The van der Waals surface area contributed by atoms with E-state index in [0.29, 0.717) is 5.56 Å². The molecule has 1 aromatic carbocycles. The Hall–Kier alpha value is -1.57. The van der Waals surface area contributed by atoms with Crippen molar-refractivity contribution in [2.24, 2.45) is 0 Å². The van der Waals surface area contributed by atoms with E-state index in [9.17, 15) is 0 Å². The first-order chi connectivity index (χ1) is 9.24. The van der Waals surface area contributed by atoms with Crippen molar-refractivity contribution in [3.8, 4) is 11.8 Å². The Bertz CT molecular complexity index is 463. The summed E-state index contributed by atoms with van der Waals surface area (Å²) in [6, 6.07) is 8.48. The summed E-state index contributed by atoms with van der Waals surface area (Å²) in [7, 11) is 3.84. The average molecular weight is 259 g/mol. The third kappa shape index (κ3) is 3.95. The fourth-order valence-corrected chi connectivity index (χ4v) is 2.16. The van der Waals surface area contributed by atoms with E-state index in [0.717, 1.165) is 37.0 Å². The molecule has 1 saturated carbocycles. The van der Waals surface area contributed by atoms with Gasteiger partial charge in [-0.25, -0.2) is 0 Å². The number of hydrogen-bond donors (Lipinski definition) is 1. The molecule has 19 heavy (non-hydrogen) atoms. The molecule has 0 atom stereocenters. The van der Waals surface area contributed by atoms with Crippen LogP contribution in [-0.4, -0.2) is 38.2 Å². The third-order valence-electron chi connectivity index (χ3n) is 3.54. The molecule has 1 aromatic rings. The molecule has 1 N–H and O–H groups in total. The summed E-state index contributed by atoms with van der Waals surface area (Å²) in [4.78, 5) is 2.40. The van der Waals surface area contributed by atoms with Crippen molar-refractivity contribution < 1.29 is 4.74 Å². The molecule has 0 radical (unpaired) electrons. The first-order valence-corrected chi connectivity index (χ1v) is 6.72. The van der Waals surface area contributed by atoms with Gasteiger partial charge in [0.1, 0.15) is 5.75 Å². The predicted molar refractivity (Wildman–Crippen MR) is 75.1 cm³/mol. The molecule has 1 aliphatic carbocycles. The van der Waals surface area contributed by atoms with Crippen LogP contribution in [0.5, 0.6) is 5.75 Å². The summed E-state index contributed by atoms with van der Waals surface area (Å²) in [5.41, 5.74) is 1.71. The second-order valence-electron chi connectivity index (χ2n) is 5.03. The van der Waals surface area contributed by atoms with E-state index in [-0.39, 0.29) is 0 Å². The monoisotopic (exact) mass is 259 g/mol. The number of methoxy groups -OCH3 is 1. The molecule has 0 saturated heterocycles. The van der Waals surface area contributed by atoms with Crippen LogP contribution in [0.25, 0.3) is 0 Å². The van der Waals surface area contributed by atoms with Crippen molar-refractivity contribution in [2.45, 2.75) is 25.4 Å². The maximum Gasteiger partial charge on any atom is 0.123 e. The van der Waals surface area contributed by atoms with Crippen molar-refractivity contribution in [1.82, 2.24) is 10.2 Å². The van der Waals surface area contributed by atoms with E-state index in [2.05, 4.69) is 23.3 Å². The van der Waals surface area contributed by atoms with Crippen LogP contribution >= 0.6 is 0 Å². The minimum absolute atomic E-state index is 0.674. The van der Waals surface area contributed by atoms with Gasteiger partial charge in [0.05, 0.1) is 18.7 Å². The lowest BCUT2D eigenvalue weighted by Gasteiger charge is -2.16. The first-order valence-electron chi connectivity index (χ1n) is 6.72. The second-order valence-corrected chi connectivity index (χ2v) is 5.03. The lowest BCUT2D eigenvalue weighted by Crippen LogP contribution is -2.30. The molecule has 4 heteroatoms. The van der Waals surface area contributed by atoms with Crippen molar-refractivity contribution >= 4 is 0 Å². The zero-order valence-electron chi connectivity index (χ0n) is 11.6. The SMILES string of the molecule is COc1ccc(C#N)cc1CNCCN(C)C1CC1. The van der Waals surface area contributed by atoms with Gasteiger partial charge in [-0.15, -0.1) is 0 Å². The largest absolute Gasteiger partial charge is 0.496 e. The Labute approximate surface area is 115 Å². The second kappa shape index (κ2) is 6.55. The van der Waals surface area contributed by atoms with Gasteiger partial charge in [0.25, 0.3) is 0 Å². The molecule has 0 aromatic heterocycles. The van der Waals surface area contributed by atoms with Gasteiger partial charge < -0.3 is 15.0 Å². The number of ether oxygens (including phenoxy) is 1. The van der Waals surface area contributed by atoms with E-state index >= 15 is 0 Å². The van der Waals surface area contributed by atoms with Crippen LogP contribution in [0.4, 0.5) is 0 Å². The highest BCUT2D eigenvalue weighted by molar-refractivity contribution is 5.41. The standard InChI is InChI=1S/C15H21N3O/c1-18(14-4-5-14)8-7-17-11-13-9-12(10-16)3-6-15(13)19-2/h3,6,9,14,17H,4-5,7-8,11H2,1-2H3. The van der Waals surface area contributed by atoms with Crippen molar-refractivity contribution in [1.29, 1.82) is 5.26 Å². The number of likely N-dealkylation sites (N-methyl/N-ethyl adjacent to an activating group) is 1. The molecule has 2 rings (SSSR count). The Morgan fingerprint density at radius 3 is 2.89 bits per heavy atom. The van der Waals surface area contributed by atoms with Gasteiger partial charge in [-0.3, -0.25) is 0 Å². The molecule has 0 heterocycles. The van der Waals surface area contributed by atoms with Crippen LogP contribution in [-0.2, 0) is 6.54 Å². The molecule has 1 aliphatic rings. The zero-order chi connectivity index (χ0) is 13.7. The van der Waals surface area contributed by atoms with Gasteiger partial charge in [-0.2, -0.15) is 5.26 Å². The molecule has 0 bridgehead atoms. The van der Waals surface area contributed by atoms with Gasteiger partial charge in [0.2, 0.25) is 0 Å². The summed E-state index contributed by atoms with van der Waals surface area (Å²) in [5, 5.41) is 12.3. The average Bonchev–Trinajstić information content (AvgIpc) is 3.27. The van der Waals surface area contributed by atoms with Crippen molar-refractivity contribution in [2.75, 3.05) is 27.2 Å². The Morgan fingerprint density at radius 1 is 1.47 bits per heavy atom. The van der Waals surface area contributed by atoms with Crippen molar-refractivity contribution in [3.63, 3.8) is 0 Å². The Kier molecular flexibility index (Phi) is 4.78. The lowest BCUT2D eigenvalue weighted by molar-refractivity contribution is 0.321. The van der Waals surface area contributed by atoms with Gasteiger partial charge >= 0.3 is 0 Å². The summed E-state index contributed by atoms with van der Waals surface area (Å²) in [6.07, 6.45) is 2.68. The van der Waals surface area contributed by atoms with Gasteiger partial charge in [0.15, 0.2) is 0 Å². The fourth-order valence-electron chi connectivity index (χ4n) is 2.16. The molecular formula is C15H21N3O. The van der Waals surface area contributed by atoms with E-state index < -0.39 is 0 Å². The maximum atomic E-state index is 8.92. The summed E-state index contributed by atoms with van der Waals surface area (Å²) < 4.78 is 5.31. The number of rotatable bonds is 7. The van der Waals surface area contributed by atoms with Gasteiger partial charge in [-0.05, 0) is 38.1 Å². The highest BCUT2D eigenvalue weighted by Crippen LogP contribution is 2.24. The molecule has 0 unspecified atom stereocenters. The topological polar surface area (TPSA) is 48.3 Å². The predicted octanol–water partition coefficient (Wildman–Crippen LogP) is 1.75. The van der Waals surface area contributed by atoms with Crippen molar-refractivity contribution in [3.05, 3.63) is 29.3 Å².